The summed E-state index contributed by atoms with van der Waals surface area (Å²) in [5.74, 6) is 0.131. The molecule has 4 rings (SSSR count). The van der Waals surface area contributed by atoms with Crippen LogP contribution in [0.4, 0.5) is 0 Å². The molecule has 0 aliphatic carbocycles. The lowest BCUT2D eigenvalue weighted by molar-refractivity contribution is 0.0767. The van der Waals surface area contributed by atoms with Gasteiger partial charge >= 0.3 is 0 Å². The Morgan fingerprint density at radius 1 is 1.05 bits per heavy atom. The number of carbonyl (C=O) groups is 1. The Morgan fingerprint density at radius 3 is 2.42 bits per heavy atom. The molecule has 0 atom stereocenters. The fourth-order valence-electron chi connectivity index (χ4n) is 4.12. The summed E-state index contributed by atoms with van der Waals surface area (Å²) in [6.07, 6.45) is 3.69. The van der Waals surface area contributed by atoms with E-state index < -0.39 is 5.56 Å². The van der Waals surface area contributed by atoms with Gasteiger partial charge < -0.3 is 28.9 Å². The molecule has 0 saturated heterocycles. The molecule has 3 heterocycles. The third-order valence-electron chi connectivity index (χ3n) is 6.01. The number of amides is 1. The van der Waals surface area contributed by atoms with E-state index in [0.29, 0.717) is 34.7 Å². The number of methoxy groups -OCH3 is 2. The van der Waals surface area contributed by atoms with Crippen LogP contribution in [0.3, 0.4) is 0 Å². The van der Waals surface area contributed by atoms with Crippen molar-refractivity contribution in [2.75, 3.05) is 21.3 Å². The number of unbranched alkanes of at least 4 members (excludes halogenated alkanes) is 1. The third-order valence-corrected chi connectivity index (χ3v) is 6.01. The maximum Gasteiger partial charge on any atom is 0.272 e. The molecule has 0 unspecified atom stereocenters. The van der Waals surface area contributed by atoms with Gasteiger partial charge in [-0.05, 0) is 37.1 Å². The monoisotopic (exact) mass is 519 g/mol. The Labute approximate surface area is 219 Å². The molecule has 0 spiro atoms. The molecular weight excluding hydrogens is 490 g/mol. The van der Waals surface area contributed by atoms with E-state index in [1.807, 2.05) is 6.92 Å². The molecular formula is C27H29N5O6. The summed E-state index contributed by atoms with van der Waals surface area (Å²) in [5.41, 5.74) is 0.858. The normalized spacial score (nSPS) is 10.8. The van der Waals surface area contributed by atoms with Crippen molar-refractivity contribution >= 4 is 5.91 Å². The van der Waals surface area contributed by atoms with Gasteiger partial charge in [0, 0.05) is 18.9 Å². The molecule has 4 aromatic rings. The predicted octanol–water partition coefficient (Wildman–Crippen LogP) is 3.82. The highest BCUT2D eigenvalue weighted by Crippen LogP contribution is 2.46. The molecule has 11 nitrogen and oxygen atoms in total. The molecule has 1 aromatic carbocycles. The topological polar surface area (TPSA) is 144 Å². The van der Waals surface area contributed by atoms with E-state index in [1.165, 1.54) is 25.3 Å². The second-order valence-electron chi connectivity index (χ2n) is 8.55. The molecule has 0 bridgehead atoms. The molecule has 0 aliphatic rings. The minimum Gasteiger partial charge on any atom is -0.506 e. The van der Waals surface area contributed by atoms with Crippen molar-refractivity contribution in [3.63, 3.8) is 0 Å². The minimum atomic E-state index is -0.584. The second-order valence-corrected chi connectivity index (χ2v) is 8.55. The average Bonchev–Trinajstić information content (AvgIpc) is 3.39. The summed E-state index contributed by atoms with van der Waals surface area (Å²) < 4.78 is 16.9. The first-order valence-electron chi connectivity index (χ1n) is 12.1. The maximum absolute atomic E-state index is 13.2. The number of nitrogens with zero attached hydrogens (tertiary/aromatic N) is 4. The first kappa shape index (κ1) is 26.4. The summed E-state index contributed by atoms with van der Waals surface area (Å²) >= 11 is 0. The number of rotatable bonds is 10. The number of aromatic nitrogens is 4. The molecule has 0 radical (unpaired) electrons. The Kier molecular flexibility index (Phi) is 8.05. The number of nitrogens with one attached hydrogen (secondary N) is 1. The SMILES string of the molecule is CCCCc1[nH]c(=O)c(-c2nnc(CN(C)C(=O)c3ccccn3)o2)c(O)c1-c1c(OC)cccc1OC. The molecule has 0 aliphatic heterocycles. The fourth-order valence-corrected chi connectivity index (χ4v) is 4.12. The van der Waals surface area contributed by atoms with E-state index in [-0.39, 0.29) is 41.2 Å². The first-order chi connectivity index (χ1) is 18.4. The van der Waals surface area contributed by atoms with Crippen molar-refractivity contribution in [3.8, 4) is 39.8 Å². The maximum atomic E-state index is 13.2. The number of H-pyrrole nitrogens is 1. The molecule has 2 N–H and O–H groups in total. The molecule has 11 heteroatoms. The number of hydrogen-bond acceptors (Lipinski definition) is 9. The van der Waals surface area contributed by atoms with E-state index >= 15 is 0 Å². The van der Waals surface area contributed by atoms with Crippen molar-refractivity contribution in [2.24, 2.45) is 0 Å². The van der Waals surface area contributed by atoms with Gasteiger partial charge in [0.15, 0.2) is 0 Å². The molecule has 38 heavy (non-hydrogen) atoms. The third kappa shape index (κ3) is 5.22. The van der Waals surface area contributed by atoms with Crippen molar-refractivity contribution in [1.29, 1.82) is 0 Å². The number of pyridine rings is 2. The lowest BCUT2D eigenvalue weighted by Gasteiger charge is -2.18. The molecule has 3 aromatic heterocycles. The molecule has 1 amide bonds. The van der Waals surface area contributed by atoms with Gasteiger partial charge in [-0.1, -0.05) is 25.5 Å². The summed E-state index contributed by atoms with van der Waals surface area (Å²) in [4.78, 5) is 34.1. The zero-order valence-corrected chi connectivity index (χ0v) is 21.6. The Bertz CT molecular complexity index is 1460. The summed E-state index contributed by atoms with van der Waals surface area (Å²) in [6, 6.07) is 10.3. The summed E-state index contributed by atoms with van der Waals surface area (Å²) in [6.45, 7) is 2.01. The van der Waals surface area contributed by atoms with Crippen molar-refractivity contribution in [1.82, 2.24) is 25.1 Å². The van der Waals surface area contributed by atoms with Crippen LogP contribution in [-0.4, -0.2) is 57.3 Å². The van der Waals surface area contributed by atoms with E-state index in [0.717, 1.165) is 12.8 Å². The van der Waals surface area contributed by atoms with Crippen molar-refractivity contribution < 1.29 is 23.8 Å². The van der Waals surface area contributed by atoms with Crippen molar-refractivity contribution in [2.45, 2.75) is 32.7 Å². The smallest absolute Gasteiger partial charge is 0.272 e. The van der Waals surface area contributed by atoms with E-state index in [4.69, 9.17) is 13.9 Å². The quantitative estimate of drug-likeness (QED) is 0.319. The van der Waals surface area contributed by atoms with Gasteiger partial charge in [-0.25, -0.2) is 0 Å². The molecule has 198 valence electrons. The van der Waals surface area contributed by atoms with Gasteiger partial charge in [0.05, 0.1) is 31.9 Å². The van der Waals surface area contributed by atoms with Gasteiger partial charge in [0.25, 0.3) is 17.4 Å². The van der Waals surface area contributed by atoms with Gasteiger partial charge in [0.2, 0.25) is 5.89 Å². The van der Waals surface area contributed by atoms with Crippen LogP contribution < -0.4 is 15.0 Å². The molecule has 0 fully saturated rings. The number of benzene rings is 1. The van der Waals surface area contributed by atoms with Gasteiger partial charge in [-0.3, -0.25) is 14.6 Å². The molecule has 0 saturated carbocycles. The zero-order valence-electron chi connectivity index (χ0n) is 21.6. The standard InChI is InChI=1S/C27H29N5O6/c1-5-6-10-16-21(22-18(36-3)12-9-13-19(22)37-4)24(33)23(25(34)29-16)26-31-30-20(38-26)15-32(2)27(35)17-11-7-8-14-28-17/h7-9,11-14H,5-6,10,15H2,1-4H3,(H2,29,33,34). The summed E-state index contributed by atoms with van der Waals surface area (Å²) in [5, 5.41) is 19.5. The second kappa shape index (κ2) is 11.6. The van der Waals surface area contributed by atoms with Crippen LogP contribution in [0.1, 0.15) is 41.8 Å². The van der Waals surface area contributed by atoms with Crippen LogP contribution in [0.2, 0.25) is 0 Å². The number of ether oxygens (including phenoxy) is 2. The number of carbonyl (C=O) groups excluding carboxylic acids is 1. The number of hydrogen-bond donors (Lipinski definition) is 2. The van der Waals surface area contributed by atoms with Crippen molar-refractivity contribution in [3.05, 3.63) is 70.2 Å². The minimum absolute atomic E-state index is 0.0250. The number of aryl methyl sites for hydroxylation is 1. The van der Waals surface area contributed by atoms with Gasteiger partial charge in [-0.2, -0.15) is 0 Å². The van der Waals surface area contributed by atoms with Crippen LogP contribution in [0.15, 0.2) is 51.8 Å². The predicted molar refractivity (Wildman–Crippen MR) is 139 cm³/mol. The van der Waals surface area contributed by atoms with E-state index in [9.17, 15) is 14.7 Å². The summed E-state index contributed by atoms with van der Waals surface area (Å²) in [7, 11) is 4.60. The van der Waals surface area contributed by atoms with Crippen LogP contribution in [0.25, 0.3) is 22.6 Å². The van der Waals surface area contributed by atoms with Crippen LogP contribution in [-0.2, 0) is 13.0 Å². The lowest BCUT2D eigenvalue weighted by Crippen LogP contribution is -2.27. The van der Waals surface area contributed by atoms with Crippen LogP contribution in [0, 0.1) is 0 Å². The van der Waals surface area contributed by atoms with Crippen LogP contribution in [0.5, 0.6) is 17.2 Å². The Balaban J connectivity index is 1.77. The van der Waals surface area contributed by atoms with E-state index in [2.05, 4.69) is 20.2 Å². The Hall–Kier alpha value is -4.67. The van der Waals surface area contributed by atoms with Gasteiger partial charge in [-0.15, -0.1) is 10.2 Å². The Morgan fingerprint density at radius 2 is 1.79 bits per heavy atom. The first-order valence-corrected chi connectivity index (χ1v) is 12.1. The largest absolute Gasteiger partial charge is 0.506 e. The highest BCUT2D eigenvalue weighted by atomic mass is 16.5. The van der Waals surface area contributed by atoms with Gasteiger partial charge in [0.1, 0.15) is 28.5 Å². The zero-order chi connectivity index (χ0) is 27.2. The highest BCUT2D eigenvalue weighted by molar-refractivity contribution is 5.92. The van der Waals surface area contributed by atoms with E-state index in [1.54, 1.807) is 43.4 Å². The van der Waals surface area contributed by atoms with Crippen LogP contribution >= 0.6 is 0 Å². The average molecular weight is 520 g/mol. The number of aromatic amines is 1. The lowest BCUT2D eigenvalue weighted by atomic mass is 9.96. The highest BCUT2D eigenvalue weighted by Gasteiger charge is 2.27. The fraction of sp³-hybridized carbons (Fsp3) is 0.296. The number of aromatic hydroxyl groups is 1.